The highest BCUT2D eigenvalue weighted by atomic mass is 15.2. The van der Waals surface area contributed by atoms with Gasteiger partial charge in [-0.2, -0.15) is 0 Å². The maximum absolute atomic E-state index is 3.86. The quantitative estimate of drug-likeness (QED) is 0.935. The van der Waals surface area contributed by atoms with Crippen molar-refractivity contribution in [2.45, 2.75) is 31.2 Å². The van der Waals surface area contributed by atoms with Crippen molar-refractivity contribution in [3.63, 3.8) is 0 Å². The normalized spacial score (nSPS) is 20.3. The first-order valence-electron chi connectivity index (χ1n) is 8.95. The molecule has 2 heterocycles. The van der Waals surface area contributed by atoms with E-state index in [1.165, 1.54) is 44.5 Å². The lowest BCUT2D eigenvalue weighted by Crippen LogP contribution is -2.54. The van der Waals surface area contributed by atoms with Gasteiger partial charge in [-0.05, 0) is 42.4 Å². The van der Waals surface area contributed by atoms with Gasteiger partial charge < -0.3 is 10.2 Å². The van der Waals surface area contributed by atoms with Crippen LogP contribution in [0.3, 0.4) is 0 Å². The van der Waals surface area contributed by atoms with Gasteiger partial charge >= 0.3 is 0 Å². The summed E-state index contributed by atoms with van der Waals surface area (Å²) in [6.45, 7) is 4.71. The zero-order valence-electron chi connectivity index (χ0n) is 13.8. The molecule has 23 heavy (non-hydrogen) atoms. The molecule has 0 atom stereocenters. The predicted octanol–water partition coefficient (Wildman–Crippen LogP) is 3.37. The Balaban J connectivity index is 1.40. The zero-order valence-corrected chi connectivity index (χ0v) is 13.8. The largest absolute Gasteiger partial charge is 0.307 e. The van der Waals surface area contributed by atoms with Crippen LogP contribution in [0, 0.1) is 0 Å². The molecule has 0 unspecified atom stereocenters. The summed E-state index contributed by atoms with van der Waals surface area (Å²) in [5.41, 5.74) is 4.81. The highest BCUT2D eigenvalue weighted by molar-refractivity contribution is 5.37. The Morgan fingerprint density at radius 3 is 2.48 bits per heavy atom. The van der Waals surface area contributed by atoms with Crippen molar-refractivity contribution >= 4 is 0 Å². The van der Waals surface area contributed by atoms with Crippen LogP contribution in [-0.2, 0) is 18.4 Å². The topological polar surface area (TPSA) is 15.3 Å². The van der Waals surface area contributed by atoms with E-state index in [0.717, 1.165) is 13.0 Å². The maximum Gasteiger partial charge on any atom is 0.0461 e. The summed E-state index contributed by atoms with van der Waals surface area (Å²) in [4.78, 5) is 2.64. The molecular formula is C21H26N2. The standard InChI is InChI=1S/C21H26N2/c1-2-6-18(7-3-1)11-15-23-16-12-21(13-17-23)20-9-5-4-8-19(20)10-14-22-21/h1-9,22H,10-17H2. The highest BCUT2D eigenvalue weighted by Crippen LogP contribution is 2.37. The lowest BCUT2D eigenvalue weighted by atomic mass is 9.76. The SMILES string of the molecule is c1ccc(CCN2CCC3(CC2)NCCc2ccccc23)cc1. The van der Waals surface area contributed by atoms with E-state index in [-0.39, 0.29) is 5.54 Å². The van der Waals surface area contributed by atoms with Crippen LogP contribution in [0.15, 0.2) is 54.6 Å². The molecule has 0 amide bonds. The highest BCUT2D eigenvalue weighted by Gasteiger charge is 2.38. The van der Waals surface area contributed by atoms with Crippen molar-refractivity contribution in [2.75, 3.05) is 26.2 Å². The molecule has 0 aliphatic carbocycles. The first-order valence-corrected chi connectivity index (χ1v) is 8.95. The van der Waals surface area contributed by atoms with Crippen molar-refractivity contribution in [1.82, 2.24) is 10.2 Å². The van der Waals surface area contributed by atoms with Crippen LogP contribution in [-0.4, -0.2) is 31.1 Å². The molecule has 0 saturated carbocycles. The molecule has 2 nitrogen and oxygen atoms in total. The minimum atomic E-state index is 0.234. The van der Waals surface area contributed by atoms with Crippen LogP contribution in [0.5, 0.6) is 0 Å². The zero-order chi connectivity index (χ0) is 15.5. The third-order valence-electron chi connectivity index (χ3n) is 5.66. The van der Waals surface area contributed by atoms with Gasteiger partial charge in [0, 0.05) is 31.7 Å². The summed E-state index contributed by atoms with van der Waals surface area (Å²) < 4.78 is 0. The Hall–Kier alpha value is -1.64. The van der Waals surface area contributed by atoms with Crippen molar-refractivity contribution < 1.29 is 0 Å². The van der Waals surface area contributed by atoms with Crippen LogP contribution >= 0.6 is 0 Å². The van der Waals surface area contributed by atoms with Gasteiger partial charge in [0.25, 0.3) is 0 Å². The molecule has 0 radical (unpaired) electrons. The van der Waals surface area contributed by atoms with Crippen molar-refractivity contribution in [2.24, 2.45) is 0 Å². The monoisotopic (exact) mass is 306 g/mol. The van der Waals surface area contributed by atoms with Crippen LogP contribution < -0.4 is 5.32 Å². The number of benzene rings is 2. The van der Waals surface area contributed by atoms with E-state index >= 15 is 0 Å². The Morgan fingerprint density at radius 1 is 0.913 bits per heavy atom. The summed E-state index contributed by atoms with van der Waals surface area (Å²) in [6, 6.07) is 19.9. The van der Waals surface area contributed by atoms with Crippen LogP contribution in [0.25, 0.3) is 0 Å². The maximum atomic E-state index is 3.86. The second-order valence-electron chi connectivity index (χ2n) is 6.99. The van der Waals surface area contributed by atoms with Gasteiger partial charge in [0.15, 0.2) is 0 Å². The predicted molar refractivity (Wildman–Crippen MR) is 95.6 cm³/mol. The Bertz CT molecular complexity index is 642. The molecule has 4 rings (SSSR count). The molecule has 1 fully saturated rings. The van der Waals surface area contributed by atoms with Gasteiger partial charge in [-0.15, -0.1) is 0 Å². The van der Waals surface area contributed by atoms with Gasteiger partial charge in [0.1, 0.15) is 0 Å². The summed E-state index contributed by atoms with van der Waals surface area (Å²) in [7, 11) is 0. The molecule has 120 valence electrons. The number of piperidine rings is 1. The van der Waals surface area contributed by atoms with Gasteiger partial charge in [-0.3, -0.25) is 0 Å². The number of rotatable bonds is 3. The van der Waals surface area contributed by atoms with Crippen molar-refractivity contribution in [3.05, 3.63) is 71.3 Å². The van der Waals surface area contributed by atoms with E-state index in [2.05, 4.69) is 64.8 Å². The molecule has 2 aliphatic rings. The minimum Gasteiger partial charge on any atom is -0.307 e. The Labute approximate surface area is 139 Å². The van der Waals surface area contributed by atoms with E-state index < -0.39 is 0 Å². The second-order valence-corrected chi connectivity index (χ2v) is 6.99. The van der Waals surface area contributed by atoms with E-state index in [9.17, 15) is 0 Å². The molecule has 2 heteroatoms. The Kier molecular flexibility index (Phi) is 4.19. The van der Waals surface area contributed by atoms with Crippen LogP contribution in [0.2, 0.25) is 0 Å². The average Bonchev–Trinajstić information content (AvgIpc) is 2.63. The second kappa shape index (κ2) is 6.46. The molecule has 1 N–H and O–H groups in total. The molecule has 1 saturated heterocycles. The third-order valence-corrected chi connectivity index (χ3v) is 5.66. The van der Waals surface area contributed by atoms with Gasteiger partial charge in [-0.1, -0.05) is 54.6 Å². The lowest BCUT2D eigenvalue weighted by molar-refractivity contribution is 0.130. The molecule has 2 aromatic rings. The van der Waals surface area contributed by atoms with E-state index in [1.807, 2.05) is 0 Å². The molecule has 0 aromatic heterocycles. The summed E-state index contributed by atoms with van der Waals surface area (Å²) in [5, 5.41) is 3.86. The fourth-order valence-corrected chi connectivity index (χ4v) is 4.27. The fourth-order valence-electron chi connectivity index (χ4n) is 4.27. The molecule has 2 aromatic carbocycles. The number of nitrogens with zero attached hydrogens (tertiary/aromatic N) is 1. The summed E-state index contributed by atoms with van der Waals surface area (Å²) in [6.07, 6.45) is 4.81. The van der Waals surface area contributed by atoms with Gasteiger partial charge in [-0.25, -0.2) is 0 Å². The first kappa shape index (κ1) is 14.9. The Morgan fingerprint density at radius 2 is 1.65 bits per heavy atom. The number of likely N-dealkylation sites (tertiary alicyclic amines) is 1. The number of hydrogen-bond acceptors (Lipinski definition) is 2. The fraction of sp³-hybridized carbons (Fsp3) is 0.429. The van der Waals surface area contributed by atoms with E-state index in [1.54, 1.807) is 11.1 Å². The number of fused-ring (bicyclic) bond motifs is 2. The smallest absolute Gasteiger partial charge is 0.0461 e. The summed E-state index contributed by atoms with van der Waals surface area (Å²) in [5.74, 6) is 0. The first-order chi connectivity index (χ1) is 11.4. The lowest BCUT2D eigenvalue weighted by Gasteiger charge is -2.46. The van der Waals surface area contributed by atoms with Crippen molar-refractivity contribution in [1.29, 1.82) is 0 Å². The average molecular weight is 306 g/mol. The van der Waals surface area contributed by atoms with Gasteiger partial charge in [0.05, 0.1) is 0 Å². The minimum absolute atomic E-state index is 0.234. The summed E-state index contributed by atoms with van der Waals surface area (Å²) >= 11 is 0. The molecule has 0 bridgehead atoms. The van der Waals surface area contributed by atoms with Gasteiger partial charge in [0.2, 0.25) is 0 Å². The van der Waals surface area contributed by atoms with Crippen LogP contribution in [0.1, 0.15) is 29.5 Å². The number of nitrogens with one attached hydrogen (secondary N) is 1. The van der Waals surface area contributed by atoms with Crippen LogP contribution in [0.4, 0.5) is 0 Å². The number of hydrogen-bond donors (Lipinski definition) is 1. The van der Waals surface area contributed by atoms with Crippen molar-refractivity contribution in [3.8, 4) is 0 Å². The van der Waals surface area contributed by atoms with E-state index in [0.29, 0.717) is 0 Å². The van der Waals surface area contributed by atoms with E-state index in [4.69, 9.17) is 0 Å². The third kappa shape index (κ3) is 3.06. The molecule has 1 spiro atoms. The molecule has 2 aliphatic heterocycles. The molecular weight excluding hydrogens is 280 g/mol.